The van der Waals surface area contributed by atoms with Gasteiger partial charge in [0.15, 0.2) is 0 Å². The quantitative estimate of drug-likeness (QED) is 0.716. The average Bonchev–Trinajstić information content (AvgIpc) is 2.41. The summed E-state index contributed by atoms with van der Waals surface area (Å²) in [6.07, 6.45) is 1.92. The largest absolute Gasteiger partial charge is 0.373 e. The number of aromatic amines is 1. The van der Waals surface area contributed by atoms with Crippen molar-refractivity contribution in [3.8, 4) is 0 Å². The van der Waals surface area contributed by atoms with Crippen molar-refractivity contribution >= 4 is 17.6 Å². The number of rotatable bonds is 1. The molecule has 14 heavy (non-hydrogen) atoms. The molecule has 5 heteroatoms. The summed E-state index contributed by atoms with van der Waals surface area (Å²) in [6, 6.07) is 0. The van der Waals surface area contributed by atoms with Gasteiger partial charge in [0, 0.05) is 18.3 Å². The molecule has 2 heterocycles. The molecule has 0 bridgehead atoms. The molecule has 0 amide bonds. The molecule has 0 aromatic carbocycles. The third-order valence-electron chi connectivity index (χ3n) is 2.35. The van der Waals surface area contributed by atoms with Crippen LogP contribution in [-0.2, 0) is 12.8 Å². The lowest BCUT2D eigenvalue weighted by Crippen LogP contribution is -2.18. The van der Waals surface area contributed by atoms with Gasteiger partial charge in [-0.1, -0.05) is 0 Å². The van der Waals surface area contributed by atoms with Gasteiger partial charge in [-0.3, -0.25) is 0 Å². The molecule has 76 valence electrons. The standard InChI is InChI=1S/C9H13N3OS/c1-10-8-6-2-4-14-5-3-7(6)11-9(13)12-8/h2-5H2,1H3,(H2,10,11,12,13). The van der Waals surface area contributed by atoms with Crippen LogP contribution >= 0.6 is 11.8 Å². The molecule has 0 aliphatic carbocycles. The topological polar surface area (TPSA) is 57.8 Å². The maximum Gasteiger partial charge on any atom is 0.347 e. The van der Waals surface area contributed by atoms with Gasteiger partial charge in [-0.2, -0.15) is 16.7 Å². The van der Waals surface area contributed by atoms with Crippen LogP contribution in [0.4, 0.5) is 5.82 Å². The summed E-state index contributed by atoms with van der Waals surface area (Å²) in [5.41, 5.74) is 1.98. The third kappa shape index (κ3) is 1.77. The van der Waals surface area contributed by atoms with Crippen molar-refractivity contribution in [2.24, 2.45) is 0 Å². The van der Waals surface area contributed by atoms with E-state index < -0.39 is 0 Å². The first-order chi connectivity index (χ1) is 6.81. The van der Waals surface area contributed by atoms with Crippen LogP contribution in [0.15, 0.2) is 4.79 Å². The van der Waals surface area contributed by atoms with Crippen LogP contribution in [0.25, 0.3) is 0 Å². The van der Waals surface area contributed by atoms with Crippen LogP contribution in [0.2, 0.25) is 0 Å². The van der Waals surface area contributed by atoms with E-state index in [0.717, 1.165) is 35.9 Å². The first-order valence-corrected chi connectivity index (χ1v) is 5.84. The molecular weight excluding hydrogens is 198 g/mol. The smallest absolute Gasteiger partial charge is 0.347 e. The fourth-order valence-electron chi connectivity index (χ4n) is 1.68. The lowest BCUT2D eigenvalue weighted by atomic mass is 10.1. The summed E-state index contributed by atoms with van der Waals surface area (Å²) in [6.45, 7) is 0. The zero-order valence-electron chi connectivity index (χ0n) is 8.09. The number of fused-ring (bicyclic) bond motifs is 1. The van der Waals surface area contributed by atoms with Crippen molar-refractivity contribution < 1.29 is 0 Å². The molecule has 1 aliphatic rings. The molecule has 2 N–H and O–H groups in total. The van der Waals surface area contributed by atoms with Gasteiger partial charge in [0.2, 0.25) is 0 Å². The molecule has 0 saturated carbocycles. The minimum absolute atomic E-state index is 0.250. The molecular formula is C9H13N3OS. The van der Waals surface area contributed by atoms with Gasteiger partial charge >= 0.3 is 5.69 Å². The van der Waals surface area contributed by atoms with Gasteiger partial charge in [0.05, 0.1) is 0 Å². The Morgan fingerprint density at radius 2 is 2.21 bits per heavy atom. The number of nitrogens with zero attached hydrogens (tertiary/aromatic N) is 1. The van der Waals surface area contributed by atoms with E-state index in [1.54, 1.807) is 7.05 Å². The maximum atomic E-state index is 11.2. The van der Waals surface area contributed by atoms with E-state index in [2.05, 4.69) is 15.3 Å². The Balaban J connectivity index is 2.52. The minimum Gasteiger partial charge on any atom is -0.373 e. The fourth-order valence-corrected chi connectivity index (χ4v) is 2.59. The highest BCUT2D eigenvalue weighted by atomic mass is 32.2. The second-order valence-corrected chi connectivity index (χ2v) is 4.43. The lowest BCUT2D eigenvalue weighted by Gasteiger charge is -2.08. The number of anilines is 1. The van der Waals surface area contributed by atoms with Crippen molar-refractivity contribution in [1.29, 1.82) is 0 Å². The second-order valence-electron chi connectivity index (χ2n) is 3.21. The number of thioether (sulfide) groups is 1. The van der Waals surface area contributed by atoms with E-state index >= 15 is 0 Å². The highest BCUT2D eigenvalue weighted by molar-refractivity contribution is 7.99. The Hall–Kier alpha value is -0.970. The summed E-state index contributed by atoms with van der Waals surface area (Å²) in [5, 5.41) is 2.98. The molecule has 0 unspecified atom stereocenters. The molecule has 4 nitrogen and oxygen atoms in total. The third-order valence-corrected chi connectivity index (χ3v) is 3.34. The number of hydrogen-bond donors (Lipinski definition) is 2. The Labute approximate surface area is 86.5 Å². The Kier molecular flexibility index (Phi) is 2.77. The first kappa shape index (κ1) is 9.58. The molecule has 0 saturated heterocycles. The van der Waals surface area contributed by atoms with Gasteiger partial charge < -0.3 is 10.3 Å². The minimum atomic E-state index is -0.250. The zero-order chi connectivity index (χ0) is 9.97. The predicted molar refractivity (Wildman–Crippen MR) is 59.1 cm³/mol. The number of H-pyrrole nitrogens is 1. The van der Waals surface area contributed by atoms with Gasteiger partial charge in [-0.25, -0.2) is 4.79 Å². The fraction of sp³-hybridized carbons (Fsp3) is 0.556. The van der Waals surface area contributed by atoms with Crippen LogP contribution in [-0.4, -0.2) is 28.5 Å². The number of aryl methyl sites for hydroxylation is 1. The van der Waals surface area contributed by atoms with E-state index in [9.17, 15) is 4.79 Å². The molecule has 0 spiro atoms. The van der Waals surface area contributed by atoms with Gasteiger partial charge in [0.25, 0.3) is 0 Å². The molecule has 0 radical (unpaired) electrons. The van der Waals surface area contributed by atoms with E-state index in [-0.39, 0.29) is 5.69 Å². The zero-order valence-corrected chi connectivity index (χ0v) is 8.91. The highest BCUT2D eigenvalue weighted by Crippen LogP contribution is 2.21. The second kappa shape index (κ2) is 4.04. The van der Waals surface area contributed by atoms with Crippen molar-refractivity contribution in [3.63, 3.8) is 0 Å². The lowest BCUT2D eigenvalue weighted by molar-refractivity contribution is 0.922. The average molecular weight is 211 g/mol. The normalized spacial score (nSPS) is 15.8. The van der Waals surface area contributed by atoms with E-state index in [1.807, 2.05) is 11.8 Å². The molecule has 1 aromatic rings. The van der Waals surface area contributed by atoms with Gasteiger partial charge in [-0.05, 0) is 24.3 Å². The molecule has 1 aliphatic heterocycles. The number of nitrogens with one attached hydrogen (secondary N) is 2. The van der Waals surface area contributed by atoms with Crippen LogP contribution in [0.5, 0.6) is 0 Å². The number of aromatic nitrogens is 2. The monoisotopic (exact) mass is 211 g/mol. The van der Waals surface area contributed by atoms with Crippen molar-refractivity contribution in [2.75, 3.05) is 23.9 Å². The van der Waals surface area contributed by atoms with Gasteiger partial charge in [-0.15, -0.1) is 0 Å². The predicted octanol–water partition coefficient (Wildman–Crippen LogP) is 0.643. The maximum absolute atomic E-state index is 11.2. The SMILES string of the molecule is CNc1nc(=O)[nH]c2c1CCSCC2. The Morgan fingerprint density at radius 3 is 3.00 bits per heavy atom. The van der Waals surface area contributed by atoms with E-state index in [0.29, 0.717) is 0 Å². The van der Waals surface area contributed by atoms with E-state index in [1.165, 1.54) is 5.56 Å². The molecule has 0 fully saturated rings. The van der Waals surface area contributed by atoms with Gasteiger partial charge in [0.1, 0.15) is 5.82 Å². The van der Waals surface area contributed by atoms with Crippen LogP contribution in [0, 0.1) is 0 Å². The van der Waals surface area contributed by atoms with Crippen LogP contribution in [0.3, 0.4) is 0 Å². The first-order valence-electron chi connectivity index (χ1n) is 4.69. The molecule has 1 aromatic heterocycles. The Bertz CT molecular complexity index is 388. The highest BCUT2D eigenvalue weighted by Gasteiger charge is 2.13. The van der Waals surface area contributed by atoms with Crippen molar-refractivity contribution in [1.82, 2.24) is 9.97 Å². The van der Waals surface area contributed by atoms with Crippen molar-refractivity contribution in [3.05, 3.63) is 21.7 Å². The van der Waals surface area contributed by atoms with Crippen LogP contribution in [0.1, 0.15) is 11.3 Å². The molecule has 0 atom stereocenters. The van der Waals surface area contributed by atoms with E-state index in [4.69, 9.17) is 0 Å². The summed E-state index contributed by atoms with van der Waals surface area (Å²) in [4.78, 5) is 18.0. The Morgan fingerprint density at radius 1 is 1.43 bits per heavy atom. The van der Waals surface area contributed by atoms with Crippen molar-refractivity contribution in [2.45, 2.75) is 12.8 Å². The summed E-state index contributed by atoms with van der Waals surface area (Å²) in [5.74, 6) is 2.93. The summed E-state index contributed by atoms with van der Waals surface area (Å²) < 4.78 is 0. The van der Waals surface area contributed by atoms with Crippen LogP contribution < -0.4 is 11.0 Å². The summed E-state index contributed by atoms with van der Waals surface area (Å²) in [7, 11) is 1.81. The number of hydrogen-bond acceptors (Lipinski definition) is 4. The summed E-state index contributed by atoms with van der Waals surface area (Å²) >= 11 is 1.92. The molecule has 2 rings (SSSR count).